The van der Waals surface area contributed by atoms with Crippen LogP contribution < -0.4 is 21.3 Å². The van der Waals surface area contributed by atoms with Gasteiger partial charge in [-0.1, -0.05) is 0 Å². The first-order valence-corrected chi connectivity index (χ1v) is 9.29. The lowest BCUT2D eigenvalue weighted by molar-refractivity contribution is -0.118. The van der Waals surface area contributed by atoms with Crippen molar-refractivity contribution in [3.63, 3.8) is 0 Å². The van der Waals surface area contributed by atoms with Crippen molar-refractivity contribution in [2.45, 2.75) is 12.2 Å². The van der Waals surface area contributed by atoms with E-state index in [1.165, 1.54) is 11.3 Å². The summed E-state index contributed by atoms with van der Waals surface area (Å²) in [4.78, 5) is 19.0. The topological polar surface area (TPSA) is 184 Å². The summed E-state index contributed by atoms with van der Waals surface area (Å²) in [7, 11) is -5.47. The molecule has 0 aliphatic rings. The molecule has 1 amide bonds. The van der Waals surface area contributed by atoms with Crippen molar-refractivity contribution in [2.75, 3.05) is 5.75 Å². The molecule has 1 atom stereocenters. The van der Waals surface area contributed by atoms with Crippen molar-refractivity contribution < 1.29 is 17.4 Å². The van der Waals surface area contributed by atoms with E-state index in [9.17, 15) is 17.4 Å². The number of aromatic nitrogens is 1. The zero-order chi connectivity index (χ0) is 16.0. The Morgan fingerprint density at radius 1 is 1.39 bits per heavy atom. The zero-order valence-corrected chi connectivity index (χ0v) is 15.6. The molecule has 10 nitrogen and oxygen atoms in total. The largest absolute Gasteiger partial charge is 0.370 e. The maximum absolute atomic E-state index is 11.7. The lowest BCUT2D eigenvalue weighted by Gasteiger charge is -2.02. The molecule has 23 heavy (non-hydrogen) atoms. The molecule has 0 spiro atoms. The fourth-order valence-electron chi connectivity index (χ4n) is 1.18. The molecule has 0 saturated carbocycles. The van der Waals surface area contributed by atoms with Gasteiger partial charge in [-0.05, 0) is 0 Å². The van der Waals surface area contributed by atoms with Crippen LogP contribution in [-0.2, 0) is 31.6 Å². The van der Waals surface area contributed by atoms with Gasteiger partial charge in [-0.3, -0.25) is 9.00 Å². The second-order valence-electron chi connectivity index (χ2n) is 3.77. The van der Waals surface area contributed by atoms with Crippen LogP contribution in [0, 0.1) is 0 Å². The second kappa shape index (κ2) is 10.7. The van der Waals surface area contributed by atoms with E-state index in [4.69, 9.17) is 11.5 Å². The Balaban J connectivity index is 0. The third kappa shape index (κ3) is 11.2. The summed E-state index contributed by atoms with van der Waals surface area (Å²) < 4.78 is 34.5. The Hall–Kier alpha value is -0.990. The summed E-state index contributed by atoms with van der Waals surface area (Å²) in [5, 5.41) is 6.62. The summed E-state index contributed by atoms with van der Waals surface area (Å²) in [5.41, 5.74) is 10.9. The molecule has 0 saturated heterocycles. The van der Waals surface area contributed by atoms with Gasteiger partial charge in [0.15, 0.2) is 5.96 Å². The number of nitrogens with zero attached hydrogens (tertiary/aromatic N) is 2. The number of hydrogen-bond acceptors (Lipinski definition) is 7. The smallest absolute Gasteiger partial charge is 0.298 e. The fourth-order valence-corrected chi connectivity index (χ4v) is 3.44. The lowest BCUT2D eigenvalue weighted by atomic mass is 10.5. The van der Waals surface area contributed by atoms with E-state index >= 15 is 0 Å². The Morgan fingerprint density at radius 2 is 2.00 bits per heavy atom. The van der Waals surface area contributed by atoms with Crippen molar-refractivity contribution in [1.29, 1.82) is 0 Å². The molecule has 1 unspecified atom stereocenters. The summed E-state index contributed by atoms with van der Waals surface area (Å²) >= 11 is 1.18. The van der Waals surface area contributed by atoms with Crippen LogP contribution in [0.4, 0.5) is 5.13 Å². The molecule has 134 valence electrons. The van der Waals surface area contributed by atoms with Crippen LogP contribution in [0.25, 0.3) is 0 Å². The van der Waals surface area contributed by atoms with E-state index in [2.05, 4.69) is 15.1 Å². The van der Waals surface area contributed by atoms with Gasteiger partial charge in [-0.15, -0.1) is 36.2 Å². The summed E-state index contributed by atoms with van der Waals surface area (Å²) in [6.45, 7) is 0. The van der Waals surface area contributed by atoms with Crippen molar-refractivity contribution in [3.05, 3.63) is 11.1 Å². The minimum atomic E-state index is -4.09. The van der Waals surface area contributed by atoms with Crippen LogP contribution in [0.5, 0.6) is 0 Å². The average Bonchev–Trinajstić information content (AvgIpc) is 2.70. The SMILES string of the molecule is Cl.Cl.NC(N)=Nc1nc(CS(=O)CCC(=O)NS(N)(=O)=O)cs1. The minimum absolute atomic E-state index is 0. The molecular formula is C8H16Cl2N6O4S3. The second-order valence-corrected chi connectivity index (χ2v) is 7.47. The van der Waals surface area contributed by atoms with Crippen molar-refractivity contribution in [3.8, 4) is 0 Å². The number of carbonyl (C=O) groups excluding carboxylic acids is 1. The number of nitrogens with two attached hydrogens (primary N) is 3. The molecule has 0 aromatic carbocycles. The van der Waals surface area contributed by atoms with E-state index in [0.717, 1.165) is 0 Å². The third-order valence-corrected chi connectivity index (χ3v) is 4.46. The normalized spacial score (nSPS) is 11.5. The summed E-state index contributed by atoms with van der Waals surface area (Å²) in [6, 6.07) is 0. The molecule has 0 aliphatic heterocycles. The Labute approximate surface area is 151 Å². The molecule has 15 heteroatoms. The number of halogens is 2. The van der Waals surface area contributed by atoms with E-state index in [-0.39, 0.29) is 48.7 Å². The third-order valence-electron chi connectivity index (χ3n) is 1.89. The van der Waals surface area contributed by atoms with Crippen molar-refractivity contribution in [1.82, 2.24) is 9.71 Å². The number of aliphatic imine (C=N–C) groups is 1. The molecule has 0 bridgehead atoms. The highest BCUT2D eigenvalue weighted by molar-refractivity contribution is 7.87. The van der Waals surface area contributed by atoms with Crippen LogP contribution >= 0.6 is 36.2 Å². The molecular weight excluding hydrogens is 411 g/mol. The van der Waals surface area contributed by atoms with Crippen LogP contribution in [0.15, 0.2) is 10.4 Å². The van der Waals surface area contributed by atoms with Crippen molar-refractivity contribution in [2.24, 2.45) is 21.6 Å². The van der Waals surface area contributed by atoms with E-state index in [1.54, 1.807) is 10.1 Å². The first kappa shape index (κ1) is 24.3. The van der Waals surface area contributed by atoms with Crippen LogP contribution in [-0.4, -0.2) is 35.2 Å². The number of hydrogen-bond donors (Lipinski definition) is 4. The number of amides is 1. The molecule has 0 fully saturated rings. The lowest BCUT2D eigenvalue weighted by Crippen LogP contribution is -2.36. The number of nitrogens with one attached hydrogen (secondary N) is 1. The molecule has 1 aromatic rings. The van der Waals surface area contributed by atoms with Crippen molar-refractivity contribution >= 4 is 74.2 Å². The van der Waals surface area contributed by atoms with E-state index in [0.29, 0.717) is 10.8 Å². The van der Waals surface area contributed by atoms with Gasteiger partial charge in [0, 0.05) is 28.4 Å². The number of guanidine groups is 1. The van der Waals surface area contributed by atoms with Gasteiger partial charge in [0.25, 0.3) is 10.2 Å². The summed E-state index contributed by atoms with van der Waals surface area (Å²) in [6.07, 6.45) is -0.228. The zero-order valence-electron chi connectivity index (χ0n) is 11.5. The fraction of sp³-hybridized carbons (Fsp3) is 0.375. The van der Waals surface area contributed by atoms with Gasteiger partial charge in [-0.2, -0.15) is 13.4 Å². The first-order chi connectivity index (χ1) is 9.65. The van der Waals surface area contributed by atoms with Gasteiger partial charge < -0.3 is 11.5 Å². The highest BCUT2D eigenvalue weighted by Gasteiger charge is 2.12. The monoisotopic (exact) mass is 426 g/mol. The average molecular weight is 427 g/mol. The van der Waals surface area contributed by atoms with E-state index < -0.39 is 26.9 Å². The standard InChI is InChI=1S/C8H14N6O4S3.2ClH/c9-7(10)13-8-12-5(3-19-8)4-20(16)2-1-6(15)14-21(11,17)18;;/h3H,1-2,4H2,(H,14,15)(H2,11,17,18)(H4,9,10,12,13);2*1H. The molecule has 1 rings (SSSR count). The van der Waals surface area contributed by atoms with Gasteiger partial charge in [0.2, 0.25) is 11.0 Å². The predicted molar refractivity (Wildman–Crippen MR) is 94.7 cm³/mol. The predicted octanol–water partition coefficient (Wildman–Crippen LogP) is -1.15. The van der Waals surface area contributed by atoms with Crippen LogP contribution in [0.3, 0.4) is 0 Å². The molecule has 1 heterocycles. The highest BCUT2D eigenvalue weighted by atomic mass is 35.5. The molecule has 1 aromatic heterocycles. The maximum Gasteiger partial charge on any atom is 0.298 e. The molecule has 0 radical (unpaired) electrons. The van der Waals surface area contributed by atoms with Gasteiger partial charge in [0.05, 0.1) is 11.4 Å². The Bertz CT molecular complexity index is 673. The summed E-state index contributed by atoms with van der Waals surface area (Å²) in [5.74, 6) is -0.850. The first-order valence-electron chi connectivity index (χ1n) is 5.38. The number of rotatable bonds is 7. The highest BCUT2D eigenvalue weighted by Crippen LogP contribution is 2.19. The van der Waals surface area contributed by atoms with Crippen LogP contribution in [0.1, 0.15) is 12.1 Å². The molecule has 0 aliphatic carbocycles. The Morgan fingerprint density at radius 3 is 2.52 bits per heavy atom. The van der Waals surface area contributed by atoms with Gasteiger partial charge >= 0.3 is 0 Å². The quantitative estimate of drug-likeness (QED) is 0.313. The van der Waals surface area contributed by atoms with E-state index in [1.807, 2.05) is 0 Å². The van der Waals surface area contributed by atoms with Crippen LogP contribution in [0.2, 0.25) is 0 Å². The molecule has 7 N–H and O–H groups in total. The Kier molecular flexibility index (Phi) is 11.3. The minimum Gasteiger partial charge on any atom is -0.370 e. The van der Waals surface area contributed by atoms with Gasteiger partial charge in [-0.25, -0.2) is 14.8 Å². The number of thiazole rings is 1. The van der Waals surface area contributed by atoms with Gasteiger partial charge in [0.1, 0.15) is 0 Å². The number of carbonyl (C=O) groups is 1. The maximum atomic E-state index is 11.7.